The molecule has 0 radical (unpaired) electrons. The molecule has 31 heavy (non-hydrogen) atoms. The Labute approximate surface area is 194 Å². The normalized spacial score (nSPS) is 10.3. The summed E-state index contributed by atoms with van der Waals surface area (Å²) >= 11 is 8.54. The third kappa shape index (κ3) is 5.90. The Morgan fingerprint density at radius 1 is 0.903 bits per heavy atom. The van der Waals surface area contributed by atoms with Gasteiger partial charge in [-0.15, -0.1) is 0 Å². The Bertz CT molecular complexity index is 1040. The van der Waals surface area contributed by atoms with Crippen LogP contribution in [0.1, 0.15) is 27.4 Å². The molecule has 0 aromatic heterocycles. The van der Waals surface area contributed by atoms with Crippen molar-refractivity contribution in [1.29, 1.82) is 0 Å². The molecule has 0 heterocycles. The van der Waals surface area contributed by atoms with Crippen molar-refractivity contribution in [2.45, 2.75) is 5.92 Å². The molecule has 6 nitrogen and oxygen atoms in total. The number of methoxy groups -OCH3 is 1. The number of benzene rings is 3. The van der Waals surface area contributed by atoms with Crippen molar-refractivity contribution in [2.24, 2.45) is 0 Å². The van der Waals surface area contributed by atoms with Crippen molar-refractivity contribution >= 4 is 45.1 Å². The Morgan fingerprint density at radius 3 is 2.00 bits per heavy atom. The van der Waals surface area contributed by atoms with Gasteiger partial charge in [0.2, 0.25) is 5.91 Å². The van der Waals surface area contributed by atoms with Crippen LogP contribution in [0.4, 0.5) is 0 Å². The predicted molar refractivity (Wildman–Crippen MR) is 127 cm³/mol. The van der Waals surface area contributed by atoms with E-state index in [0.717, 1.165) is 11.1 Å². The largest absolute Gasteiger partial charge is 0.496 e. The number of hydrazine groups is 1. The lowest BCUT2D eigenvalue weighted by molar-refractivity contribution is -0.120. The minimum Gasteiger partial charge on any atom is -0.496 e. The van der Waals surface area contributed by atoms with E-state index in [1.165, 1.54) is 0 Å². The van der Waals surface area contributed by atoms with Crippen LogP contribution in [0.2, 0.25) is 0 Å². The SMILES string of the molecule is COc1ccc(C(=O)NNC(=S)NC(=O)C(c2ccccc2)c2ccccc2)cc1Br. The van der Waals surface area contributed by atoms with Crippen LogP contribution in [0, 0.1) is 0 Å². The Kier molecular flexibility index (Phi) is 7.75. The highest BCUT2D eigenvalue weighted by Gasteiger charge is 2.23. The standard InChI is InChI=1S/C23H20BrN3O3S/c1-30-19-13-12-17(14-18(19)24)21(28)26-27-23(31)25-22(29)20(15-8-4-2-5-9-15)16-10-6-3-7-11-16/h2-14,20H,1H3,(H,26,28)(H2,25,27,29,31). The molecular formula is C23H20BrN3O3S. The highest BCUT2D eigenvalue weighted by atomic mass is 79.9. The van der Waals surface area contributed by atoms with Gasteiger partial charge in [-0.1, -0.05) is 60.7 Å². The Morgan fingerprint density at radius 2 is 1.48 bits per heavy atom. The number of carbonyl (C=O) groups is 2. The van der Waals surface area contributed by atoms with Crippen LogP contribution in [-0.4, -0.2) is 24.0 Å². The quantitative estimate of drug-likeness (QED) is 0.367. The number of carbonyl (C=O) groups excluding carboxylic acids is 2. The van der Waals surface area contributed by atoms with E-state index >= 15 is 0 Å². The number of amides is 2. The third-order valence-electron chi connectivity index (χ3n) is 4.47. The molecule has 0 aliphatic carbocycles. The zero-order valence-electron chi connectivity index (χ0n) is 16.6. The van der Waals surface area contributed by atoms with E-state index in [1.807, 2.05) is 60.7 Å². The van der Waals surface area contributed by atoms with Gasteiger partial charge in [-0.25, -0.2) is 0 Å². The summed E-state index contributed by atoms with van der Waals surface area (Å²) in [7, 11) is 1.54. The van der Waals surface area contributed by atoms with Gasteiger partial charge in [0.05, 0.1) is 17.5 Å². The summed E-state index contributed by atoms with van der Waals surface area (Å²) in [6.45, 7) is 0. The lowest BCUT2D eigenvalue weighted by Gasteiger charge is -2.19. The third-order valence-corrected chi connectivity index (χ3v) is 5.29. The maximum Gasteiger partial charge on any atom is 0.269 e. The minimum atomic E-state index is -0.546. The van der Waals surface area contributed by atoms with E-state index in [9.17, 15) is 9.59 Å². The molecule has 0 bridgehead atoms. The van der Waals surface area contributed by atoms with Gasteiger partial charge in [0.15, 0.2) is 5.11 Å². The topological polar surface area (TPSA) is 79.5 Å². The first-order valence-electron chi connectivity index (χ1n) is 9.34. The highest BCUT2D eigenvalue weighted by Crippen LogP contribution is 2.26. The fraction of sp³-hybridized carbons (Fsp3) is 0.0870. The van der Waals surface area contributed by atoms with Crippen LogP contribution in [0.5, 0.6) is 5.75 Å². The molecule has 3 aromatic rings. The van der Waals surface area contributed by atoms with Crippen molar-refractivity contribution in [3.8, 4) is 5.75 Å². The lowest BCUT2D eigenvalue weighted by Crippen LogP contribution is -2.49. The van der Waals surface area contributed by atoms with Crippen LogP contribution < -0.4 is 20.9 Å². The number of hydrogen-bond donors (Lipinski definition) is 3. The molecule has 0 fully saturated rings. The Balaban J connectivity index is 1.65. The molecule has 3 N–H and O–H groups in total. The molecule has 0 saturated carbocycles. The number of ether oxygens (including phenoxy) is 1. The van der Waals surface area contributed by atoms with E-state index in [-0.39, 0.29) is 11.0 Å². The van der Waals surface area contributed by atoms with Gasteiger partial charge in [0, 0.05) is 5.56 Å². The van der Waals surface area contributed by atoms with Crippen LogP contribution in [0.25, 0.3) is 0 Å². The number of rotatable bonds is 5. The summed E-state index contributed by atoms with van der Waals surface area (Å²) < 4.78 is 5.80. The van der Waals surface area contributed by atoms with Crippen molar-refractivity contribution in [3.05, 3.63) is 100 Å². The first-order valence-corrected chi connectivity index (χ1v) is 10.5. The number of nitrogens with one attached hydrogen (secondary N) is 3. The van der Waals surface area contributed by atoms with Gasteiger partial charge in [-0.3, -0.25) is 20.4 Å². The van der Waals surface area contributed by atoms with Crippen LogP contribution in [-0.2, 0) is 4.79 Å². The first-order chi connectivity index (χ1) is 15.0. The van der Waals surface area contributed by atoms with Gasteiger partial charge < -0.3 is 10.1 Å². The summed E-state index contributed by atoms with van der Waals surface area (Å²) in [6.07, 6.45) is 0. The fourth-order valence-electron chi connectivity index (χ4n) is 2.99. The van der Waals surface area contributed by atoms with Crippen LogP contribution in [0.3, 0.4) is 0 Å². The summed E-state index contributed by atoms with van der Waals surface area (Å²) in [5, 5.41) is 2.64. The van der Waals surface area contributed by atoms with Crippen LogP contribution in [0.15, 0.2) is 83.3 Å². The maximum absolute atomic E-state index is 13.0. The Hall–Kier alpha value is -3.23. The van der Waals surface area contributed by atoms with Crippen molar-refractivity contribution in [3.63, 3.8) is 0 Å². The highest BCUT2D eigenvalue weighted by molar-refractivity contribution is 9.10. The van der Waals surface area contributed by atoms with E-state index in [4.69, 9.17) is 17.0 Å². The second-order valence-corrected chi connectivity index (χ2v) is 7.76. The van der Waals surface area contributed by atoms with Gasteiger partial charge >= 0.3 is 0 Å². The summed E-state index contributed by atoms with van der Waals surface area (Å²) in [4.78, 5) is 25.4. The smallest absolute Gasteiger partial charge is 0.269 e. The molecule has 3 aromatic carbocycles. The number of hydrogen-bond acceptors (Lipinski definition) is 4. The fourth-order valence-corrected chi connectivity index (χ4v) is 3.69. The zero-order valence-corrected chi connectivity index (χ0v) is 19.0. The molecular weight excluding hydrogens is 478 g/mol. The van der Waals surface area contributed by atoms with Gasteiger partial charge in [0.25, 0.3) is 5.91 Å². The summed E-state index contributed by atoms with van der Waals surface area (Å²) in [6, 6.07) is 23.7. The van der Waals surface area contributed by atoms with Crippen molar-refractivity contribution in [1.82, 2.24) is 16.2 Å². The average Bonchev–Trinajstić information content (AvgIpc) is 2.79. The van der Waals surface area contributed by atoms with E-state index < -0.39 is 11.8 Å². The molecule has 0 unspecified atom stereocenters. The maximum atomic E-state index is 13.0. The molecule has 2 amide bonds. The summed E-state index contributed by atoms with van der Waals surface area (Å²) in [5.41, 5.74) is 7.11. The average molecular weight is 498 g/mol. The molecule has 0 saturated heterocycles. The summed E-state index contributed by atoms with van der Waals surface area (Å²) in [5.74, 6) is -0.658. The van der Waals surface area contributed by atoms with Crippen molar-refractivity contribution in [2.75, 3.05) is 7.11 Å². The van der Waals surface area contributed by atoms with Gasteiger partial charge in [-0.2, -0.15) is 0 Å². The zero-order chi connectivity index (χ0) is 22.2. The molecule has 0 spiro atoms. The molecule has 0 atom stereocenters. The number of thiocarbonyl (C=S) groups is 1. The second-order valence-electron chi connectivity index (χ2n) is 6.50. The molecule has 8 heteroatoms. The van der Waals surface area contributed by atoms with Crippen LogP contribution >= 0.6 is 28.1 Å². The number of halogens is 1. The predicted octanol–water partition coefficient (Wildman–Crippen LogP) is 3.93. The second kappa shape index (κ2) is 10.7. The van der Waals surface area contributed by atoms with Crippen molar-refractivity contribution < 1.29 is 14.3 Å². The minimum absolute atomic E-state index is 0.0113. The molecule has 0 aliphatic rings. The molecule has 158 valence electrons. The van der Waals surface area contributed by atoms with E-state index in [1.54, 1.807) is 25.3 Å². The molecule has 0 aliphatic heterocycles. The first kappa shape index (κ1) is 22.5. The lowest BCUT2D eigenvalue weighted by atomic mass is 9.90. The molecule has 3 rings (SSSR count). The monoisotopic (exact) mass is 497 g/mol. The van der Waals surface area contributed by atoms with E-state index in [0.29, 0.717) is 15.8 Å². The van der Waals surface area contributed by atoms with E-state index in [2.05, 4.69) is 32.1 Å². The van der Waals surface area contributed by atoms with Gasteiger partial charge in [0.1, 0.15) is 5.75 Å². The van der Waals surface area contributed by atoms with Gasteiger partial charge in [-0.05, 0) is 57.5 Å².